The smallest absolute Gasteiger partial charge is 0.418 e. The minimum atomic E-state index is -4.64. The van der Waals surface area contributed by atoms with Crippen molar-refractivity contribution in [2.75, 3.05) is 10.6 Å². The van der Waals surface area contributed by atoms with Gasteiger partial charge in [0.1, 0.15) is 0 Å². The van der Waals surface area contributed by atoms with Crippen LogP contribution in [0.25, 0.3) is 0 Å². The molecule has 0 aliphatic heterocycles. The zero-order valence-corrected chi connectivity index (χ0v) is 12.4. The summed E-state index contributed by atoms with van der Waals surface area (Å²) < 4.78 is 43.9. The van der Waals surface area contributed by atoms with E-state index in [4.69, 9.17) is 16.0 Å². The van der Waals surface area contributed by atoms with Gasteiger partial charge >= 0.3 is 12.2 Å². The van der Waals surface area contributed by atoms with Gasteiger partial charge < -0.3 is 9.73 Å². The molecule has 0 unspecified atom stereocenters. The summed E-state index contributed by atoms with van der Waals surface area (Å²) in [5.41, 5.74) is -1.44. The number of amides is 2. The number of carbonyl (C=O) groups is 1. The van der Waals surface area contributed by atoms with Crippen LogP contribution >= 0.6 is 27.5 Å². The Hall–Kier alpha value is -1.67. The van der Waals surface area contributed by atoms with Crippen LogP contribution in [-0.2, 0) is 6.18 Å². The van der Waals surface area contributed by atoms with E-state index in [0.29, 0.717) is 4.67 Å². The summed E-state index contributed by atoms with van der Waals surface area (Å²) in [6.45, 7) is 0. The Bertz CT molecular complexity index is 673. The molecule has 0 spiro atoms. The van der Waals surface area contributed by atoms with Gasteiger partial charge in [-0.15, -0.1) is 0 Å². The highest BCUT2D eigenvalue weighted by molar-refractivity contribution is 9.10. The van der Waals surface area contributed by atoms with Gasteiger partial charge in [0, 0.05) is 11.1 Å². The second kappa shape index (κ2) is 5.98. The first-order valence-electron chi connectivity index (χ1n) is 5.46. The van der Waals surface area contributed by atoms with E-state index >= 15 is 0 Å². The van der Waals surface area contributed by atoms with E-state index in [-0.39, 0.29) is 10.9 Å². The standard InChI is InChI=1S/C12H7BrClF3N2O2/c13-9-3-4-10(21-9)19-11(20)18-8-2-1-6(14)5-7(8)12(15,16)17/h1-5H,(H2,18,19,20). The number of hydrogen-bond donors (Lipinski definition) is 2. The minimum absolute atomic E-state index is 0.0803. The summed E-state index contributed by atoms with van der Waals surface area (Å²) >= 11 is 8.58. The molecule has 0 aliphatic carbocycles. The van der Waals surface area contributed by atoms with Crippen LogP contribution in [0.4, 0.5) is 29.5 Å². The third kappa shape index (κ3) is 4.15. The van der Waals surface area contributed by atoms with Crippen LogP contribution in [0.2, 0.25) is 5.02 Å². The highest BCUT2D eigenvalue weighted by Crippen LogP contribution is 2.36. The van der Waals surface area contributed by atoms with E-state index in [1.807, 2.05) is 0 Å². The molecule has 1 heterocycles. The Labute approximate surface area is 130 Å². The molecule has 0 atom stereocenters. The number of hydrogen-bond acceptors (Lipinski definition) is 2. The molecule has 1 aromatic heterocycles. The van der Waals surface area contributed by atoms with Gasteiger partial charge in [-0.3, -0.25) is 5.32 Å². The molecule has 0 saturated heterocycles. The molecule has 2 amide bonds. The lowest BCUT2D eigenvalue weighted by molar-refractivity contribution is -0.136. The van der Waals surface area contributed by atoms with Crippen molar-refractivity contribution in [3.8, 4) is 0 Å². The molecule has 0 radical (unpaired) electrons. The van der Waals surface area contributed by atoms with Crippen molar-refractivity contribution < 1.29 is 22.4 Å². The van der Waals surface area contributed by atoms with Crippen LogP contribution in [0, 0.1) is 0 Å². The van der Waals surface area contributed by atoms with Crippen molar-refractivity contribution in [2.45, 2.75) is 6.18 Å². The van der Waals surface area contributed by atoms with E-state index in [1.54, 1.807) is 0 Å². The Morgan fingerprint density at radius 3 is 2.48 bits per heavy atom. The fourth-order valence-corrected chi connectivity index (χ4v) is 1.99. The average molecular weight is 384 g/mol. The predicted molar refractivity (Wildman–Crippen MR) is 75.5 cm³/mol. The topological polar surface area (TPSA) is 54.3 Å². The SMILES string of the molecule is O=C(Nc1ccc(Br)o1)Nc1ccc(Cl)cc1C(F)(F)F. The Morgan fingerprint density at radius 1 is 1.19 bits per heavy atom. The number of benzene rings is 1. The Balaban J connectivity index is 2.17. The summed E-state index contributed by atoms with van der Waals surface area (Å²) in [5.74, 6) is 0.0851. The van der Waals surface area contributed by atoms with Crippen LogP contribution in [0.15, 0.2) is 39.4 Å². The summed E-state index contributed by atoms with van der Waals surface area (Å²) in [5, 5.41) is 4.28. The van der Waals surface area contributed by atoms with Gasteiger partial charge in [-0.1, -0.05) is 11.6 Å². The van der Waals surface area contributed by atoms with Crippen LogP contribution in [0.1, 0.15) is 5.56 Å². The molecule has 0 saturated carbocycles. The summed E-state index contributed by atoms with van der Waals surface area (Å²) in [7, 11) is 0. The van der Waals surface area contributed by atoms with E-state index in [9.17, 15) is 18.0 Å². The lowest BCUT2D eigenvalue weighted by Gasteiger charge is -2.14. The van der Waals surface area contributed by atoms with E-state index in [2.05, 4.69) is 26.6 Å². The molecule has 4 nitrogen and oxygen atoms in total. The summed E-state index contributed by atoms with van der Waals surface area (Å²) in [4.78, 5) is 11.7. The first kappa shape index (κ1) is 15.7. The number of carbonyl (C=O) groups excluding carboxylic acids is 1. The normalized spacial score (nSPS) is 11.3. The maximum absolute atomic E-state index is 12.9. The molecule has 2 rings (SSSR count). The van der Waals surface area contributed by atoms with E-state index in [1.165, 1.54) is 18.2 Å². The Morgan fingerprint density at radius 2 is 1.90 bits per heavy atom. The van der Waals surface area contributed by atoms with Crippen molar-refractivity contribution in [2.24, 2.45) is 0 Å². The van der Waals surface area contributed by atoms with Crippen molar-refractivity contribution in [3.63, 3.8) is 0 Å². The molecule has 1 aromatic carbocycles. The van der Waals surface area contributed by atoms with Gasteiger partial charge in [-0.25, -0.2) is 4.79 Å². The fourth-order valence-electron chi connectivity index (χ4n) is 1.51. The number of urea groups is 1. The van der Waals surface area contributed by atoms with Gasteiger partial charge in [0.05, 0.1) is 11.3 Å². The molecule has 2 N–H and O–H groups in total. The zero-order valence-electron chi connectivity index (χ0n) is 10.1. The molecule has 21 heavy (non-hydrogen) atoms. The Kier molecular flexibility index (Phi) is 4.48. The van der Waals surface area contributed by atoms with Gasteiger partial charge in [-0.05, 0) is 40.2 Å². The molecule has 9 heteroatoms. The number of alkyl halides is 3. The number of rotatable bonds is 2. The number of anilines is 2. The summed E-state index contributed by atoms with van der Waals surface area (Å²) in [6, 6.07) is 5.15. The molecular weight excluding hydrogens is 376 g/mol. The van der Waals surface area contributed by atoms with Crippen molar-refractivity contribution in [1.29, 1.82) is 0 Å². The second-order valence-electron chi connectivity index (χ2n) is 3.87. The summed E-state index contributed by atoms with van der Waals surface area (Å²) in [6.07, 6.45) is -4.64. The van der Waals surface area contributed by atoms with Crippen LogP contribution in [0.5, 0.6) is 0 Å². The minimum Gasteiger partial charge on any atom is -0.434 e. The predicted octanol–water partition coefficient (Wildman–Crippen LogP) is 5.36. The quantitative estimate of drug-likeness (QED) is 0.733. The van der Waals surface area contributed by atoms with E-state index < -0.39 is 23.5 Å². The molecule has 0 bridgehead atoms. The van der Waals surface area contributed by atoms with Crippen molar-refractivity contribution >= 4 is 45.1 Å². The van der Waals surface area contributed by atoms with Gasteiger partial charge in [0.2, 0.25) is 5.88 Å². The third-order valence-corrected chi connectivity index (χ3v) is 3.01. The lowest BCUT2D eigenvalue weighted by atomic mass is 10.1. The zero-order chi connectivity index (χ0) is 15.6. The van der Waals surface area contributed by atoms with Gasteiger partial charge in [0.15, 0.2) is 4.67 Å². The largest absolute Gasteiger partial charge is 0.434 e. The molecule has 0 fully saturated rings. The number of furan rings is 1. The number of nitrogens with one attached hydrogen (secondary N) is 2. The van der Waals surface area contributed by atoms with Crippen LogP contribution in [-0.4, -0.2) is 6.03 Å². The van der Waals surface area contributed by atoms with Crippen molar-refractivity contribution in [3.05, 3.63) is 45.6 Å². The molecule has 112 valence electrons. The lowest BCUT2D eigenvalue weighted by Crippen LogP contribution is -2.21. The van der Waals surface area contributed by atoms with Gasteiger partial charge in [0.25, 0.3) is 0 Å². The monoisotopic (exact) mass is 382 g/mol. The van der Waals surface area contributed by atoms with Gasteiger partial charge in [-0.2, -0.15) is 13.2 Å². The number of halogens is 5. The molecule has 0 aliphatic rings. The van der Waals surface area contributed by atoms with E-state index in [0.717, 1.165) is 12.1 Å². The average Bonchev–Trinajstić information content (AvgIpc) is 2.75. The highest BCUT2D eigenvalue weighted by Gasteiger charge is 2.34. The third-order valence-electron chi connectivity index (χ3n) is 2.35. The van der Waals surface area contributed by atoms with Crippen molar-refractivity contribution in [1.82, 2.24) is 0 Å². The first-order chi connectivity index (χ1) is 9.75. The highest BCUT2D eigenvalue weighted by atomic mass is 79.9. The first-order valence-corrected chi connectivity index (χ1v) is 6.63. The maximum Gasteiger partial charge on any atom is 0.418 e. The molecule has 2 aromatic rings. The fraction of sp³-hybridized carbons (Fsp3) is 0.0833. The molecular formula is C12H7BrClF3N2O2. The maximum atomic E-state index is 12.9. The van der Waals surface area contributed by atoms with Crippen LogP contribution < -0.4 is 10.6 Å². The van der Waals surface area contributed by atoms with Crippen LogP contribution in [0.3, 0.4) is 0 Å². The second-order valence-corrected chi connectivity index (χ2v) is 5.09.